The smallest absolute Gasteiger partial charge is 0.416 e. The average molecular weight is 687 g/mol. The Balaban J connectivity index is 1.72. The fourth-order valence-corrected chi connectivity index (χ4v) is 6.11. The van der Waals surface area contributed by atoms with Gasteiger partial charge >= 0.3 is 12.1 Å². The predicted octanol–water partition coefficient (Wildman–Crippen LogP) is 6.86. The van der Waals surface area contributed by atoms with Gasteiger partial charge in [-0.1, -0.05) is 48.5 Å². The fourth-order valence-electron chi connectivity index (χ4n) is 6.11. The van der Waals surface area contributed by atoms with Gasteiger partial charge in [0, 0.05) is 29.7 Å². The van der Waals surface area contributed by atoms with Crippen LogP contribution in [0.5, 0.6) is 11.6 Å². The van der Waals surface area contributed by atoms with E-state index in [1.165, 1.54) is 29.7 Å². The van der Waals surface area contributed by atoms with Crippen LogP contribution in [-0.2, 0) is 22.1 Å². The molecule has 2 heterocycles. The van der Waals surface area contributed by atoms with Gasteiger partial charge < -0.3 is 24.6 Å². The molecule has 0 radical (unpaired) electrons. The summed E-state index contributed by atoms with van der Waals surface area (Å²) < 4.78 is 91.9. The maximum atomic E-state index is 16.1. The van der Waals surface area contributed by atoms with Crippen LogP contribution in [0.1, 0.15) is 53.7 Å². The number of benzene rings is 3. The zero-order chi connectivity index (χ0) is 35.5. The third-order valence-electron chi connectivity index (χ3n) is 8.21. The summed E-state index contributed by atoms with van der Waals surface area (Å²) in [5, 5.41) is 12.2. The molecule has 260 valence electrons. The van der Waals surface area contributed by atoms with Gasteiger partial charge in [0.1, 0.15) is 19.0 Å². The van der Waals surface area contributed by atoms with Crippen molar-refractivity contribution in [3.05, 3.63) is 117 Å². The van der Waals surface area contributed by atoms with Crippen molar-refractivity contribution in [3.8, 4) is 22.8 Å². The molecule has 0 fully saturated rings. The standard InChI is InChI=1S/C36H35F5N2O6/c1-20(2)49-29-14-7-11-23(32(29)38)31-21(3)24(17-25-26(36(39,40)41)12-8-13-27(25)37)35-43(34(31)46)28(18-48-35)33(22-9-5-4-6-10-22)42-15-16-47-19-30(44)45/h4-14,20,28,33,42H,15-19H2,1-3H3,(H,44,45). The fraction of sp³-hybridized carbons (Fsp3) is 0.333. The molecule has 0 saturated heterocycles. The lowest BCUT2D eigenvalue weighted by Crippen LogP contribution is -2.37. The topological polar surface area (TPSA) is 99.0 Å². The SMILES string of the molecule is Cc1c(Cc2c(F)cccc2C(F)(F)F)c2n(c(=O)c1-c1cccc(OC(C)C)c1F)C(C(NCCOCC(=O)O)c1ccccc1)CO2. The first-order valence-electron chi connectivity index (χ1n) is 15.6. The van der Waals surface area contributed by atoms with Gasteiger partial charge in [0.25, 0.3) is 5.56 Å². The molecule has 49 heavy (non-hydrogen) atoms. The number of nitrogens with zero attached hydrogens (tertiary/aromatic N) is 1. The van der Waals surface area contributed by atoms with E-state index in [4.69, 9.17) is 19.3 Å². The van der Waals surface area contributed by atoms with Gasteiger partial charge in [0.2, 0.25) is 5.88 Å². The van der Waals surface area contributed by atoms with E-state index < -0.39 is 71.7 Å². The average Bonchev–Trinajstić information content (AvgIpc) is 3.48. The van der Waals surface area contributed by atoms with Crippen LogP contribution in [0.3, 0.4) is 0 Å². The van der Waals surface area contributed by atoms with Crippen molar-refractivity contribution in [2.45, 2.75) is 51.6 Å². The van der Waals surface area contributed by atoms with Gasteiger partial charge in [0.05, 0.1) is 35.9 Å². The lowest BCUT2D eigenvalue weighted by Gasteiger charge is -2.27. The molecule has 0 aliphatic carbocycles. The normalized spacial score (nSPS) is 14.8. The largest absolute Gasteiger partial charge is 0.488 e. The van der Waals surface area contributed by atoms with E-state index in [1.807, 2.05) is 0 Å². The molecule has 3 aromatic carbocycles. The third kappa shape index (κ3) is 7.62. The molecule has 5 rings (SSSR count). The minimum Gasteiger partial charge on any atom is -0.488 e. The number of rotatable bonds is 13. The number of carboxylic acids is 1. The maximum absolute atomic E-state index is 16.1. The van der Waals surface area contributed by atoms with Gasteiger partial charge in [-0.15, -0.1) is 0 Å². The number of aromatic nitrogens is 1. The second-order valence-electron chi connectivity index (χ2n) is 11.9. The molecule has 0 bridgehead atoms. The van der Waals surface area contributed by atoms with Gasteiger partial charge in [-0.05, 0) is 50.1 Å². The van der Waals surface area contributed by atoms with Crippen LogP contribution in [0.25, 0.3) is 11.1 Å². The lowest BCUT2D eigenvalue weighted by atomic mass is 9.91. The number of hydrogen-bond donors (Lipinski definition) is 2. The number of alkyl halides is 3. The highest BCUT2D eigenvalue weighted by atomic mass is 19.4. The Bertz CT molecular complexity index is 1880. The number of aliphatic carboxylic acids is 1. The summed E-state index contributed by atoms with van der Waals surface area (Å²) in [4.78, 5) is 25.5. The number of ether oxygens (including phenoxy) is 3. The summed E-state index contributed by atoms with van der Waals surface area (Å²) in [6.45, 7) is 4.42. The van der Waals surface area contributed by atoms with E-state index in [0.717, 1.165) is 18.2 Å². The Morgan fingerprint density at radius 3 is 2.43 bits per heavy atom. The van der Waals surface area contributed by atoms with Crippen molar-refractivity contribution >= 4 is 5.97 Å². The summed E-state index contributed by atoms with van der Waals surface area (Å²) in [5.74, 6) is -3.26. The third-order valence-corrected chi connectivity index (χ3v) is 8.21. The van der Waals surface area contributed by atoms with Crippen LogP contribution >= 0.6 is 0 Å². The maximum Gasteiger partial charge on any atom is 0.416 e. The molecule has 0 saturated carbocycles. The monoisotopic (exact) mass is 686 g/mol. The molecule has 1 aromatic heterocycles. The van der Waals surface area contributed by atoms with Gasteiger partial charge in [-0.2, -0.15) is 13.2 Å². The molecular formula is C36H35F5N2O6. The Labute approximate surface area is 279 Å². The van der Waals surface area contributed by atoms with Crippen molar-refractivity contribution in [2.75, 3.05) is 26.4 Å². The first-order chi connectivity index (χ1) is 23.3. The Morgan fingerprint density at radius 2 is 1.76 bits per heavy atom. The van der Waals surface area contributed by atoms with E-state index in [1.54, 1.807) is 44.2 Å². The van der Waals surface area contributed by atoms with Gasteiger partial charge in [-0.3, -0.25) is 9.36 Å². The molecule has 0 spiro atoms. The second kappa shape index (κ2) is 14.8. The van der Waals surface area contributed by atoms with Crippen molar-refractivity contribution in [2.24, 2.45) is 0 Å². The number of hydrogen-bond acceptors (Lipinski definition) is 6. The molecule has 0 amide bonds. The number of carbonyl (C=O) groups is 1. The summed E-state index contributed by atoms with van der Waals surface area (Å²) >= 11 is 0. The van der Waals surface area contributed by atoms with Gasteiger partial charge in [0.15, 0.2) is 11.6 Å². The van der Waals surface area contributed by atoms with E-state index in [2.05, 4.69) is 5.32 Å². The first kappa shape index (κ1) is 35.6. The minimum absolute atomic E-state index is 0.0106. The number of fused-ring (bicyclic) bond motifs is 1. The van der Waals surface area contributed by atoms with Crippen molar-refractivity contribution < 1.29 is 46.1 Å². The Kier molecular flexibility index (Phi) is 10.7. The van der Waals surface area contributed by atoms with Gasteiger partial charge in [-0.25, -0.2) is 13.6 Å². The predicted molar refractivity (Wildman–Crippen MR) is 171 cm³/mol. The van der Waals surface area contributed by atoms with Crippen LogP contribution < -0.4 is 20.3 Å². The van der Waals surface area contributed by atoms with Crippen LogP contribution in [0.4, 0.5) is 22.0 Å². The van der Waals surface area contributed by atoms with Crippen LogP contribution in [-0.4, -0.2) is 48.1 Å². The number of halogens is 5. The molecule has 2 N–H and O–H groups in total. The van der Waals surface area contributed by atoms with Crippen molar-refractivity contribution in [1.29, 1.82) is 0 Å². The number of carboxylic acid groups (broad SMARTS) is 1. The minimum atomic E-state index is -4.88. The quantitative estimate of drug-likeness (QED) is 0.117. The summed E-state index contributed by atoms with van der Waals surface area (Å²) in [6.07, 6.45) is -5.90. The van der Waals surface area contributed by atoms with Crippen LogP contribution in [0, 0.1) is 18.6 Å². The Hall–Kier alpha value is -4.75. The molecule has 8 nitrogen and oxygen atoms in total. The lowest BCUT2D eigenvalue weighted by molar-refractivity contribution is -0.142. The summed E-state index contributed by atoms with van der Waals surface area (Å²) in [7, 11) is 0. The number of nitrogens with one attached hydrogen (secondary N) is 1. The van der Waals surface area contributed by atoms with Crippen molar-refractivity contribution in [1.82, 2.24) is 9.88 Å². The second-order valence-corrected chi connectivity index (χ2v) is 11.9. The summed E-state index contributed by atoms with van der Waals surface area (Å²) in [5.41, 5.74) is -1.86. The molecule has 13 heteroatoms. The molecule has 2 atom stereocenters. The zero-order valence-electron chi connectivity index (χ0n) is 26.9. The van der Waals surface area contributed by atoms with Crippen molar-refractivity contribution in [3.63, 3.8) is 0 Å². The summed E-state index contributed by atoms with van der Waals surface area (Å²) in [6, 6.07) is 14.5. The molecule has 1 aliphatic heterocycles. The van der Waals surface area contributed by atoms with E-state index in [9.17, 15) is 22.8 Å². The molecule has 4 aromatic rings. The Morgan fingerprint density at radius 1 is 1.04 bits per heavy atom. The highest BCUT2D eigenvalue weighted by Gasteiger charge is 2.39. The van der Waals surface area contributed by atoms with Crippen LogP contribution in [0.15, 0.2) is 71.5 Å². The highest BCUT2D eigenvalue weighted by molar-refractivity contribution is 5.71. The van der Waals surface area contributed by atoms with E-state index >= 15 is 8.78 Å². The number of pyridine rings is 1. The highest BCUT2D eigenvalue weighted by Crippen LogP contribution is 2.43. The molecule has 2 unspecified atom stereocenters. The molecule has 1 aliphatic rings. The van der Waals surface area contributed by atoms with Crippen LogP contribution in [0.2, 0.25) is 0 Å². The zero-order valence-corrected chi connectivity index (χ0v) is 26.9. The van der Waals surface area contributed by atoms with E-state index in [-0.39, 0.29) is 53.6 Å². The van der Waals surface area contributed by atoms with E-state index in [0.29, 0.717) is 5.56 Å². The molecular weight excluding hydrogens is 651 g/mol. The first-order valence-corrected chi connectivity index (χ1v) is 15.6.